The molecular weight excluding hydrogens is 191 g/mol. The van der Waals surface area contributed by atoms with Crippen LogP contribution in [0.5, 0.6) is 6.01 Å². The summed E-state index contributed by atoms with van der Waals surface area (Å²) in [4.78, 5) is 15.1. The number of hydrogen-bond acceptors (Lipinski definition) is 3. The fourth-order valence-electron chi connectivity index (χ4n) is 1.19. The van der Waals surface area contributed by atoms with Crippen LogP contribution in [0.4, 0.5) is 0 Å². The zero-order valence-corrected chi connectivity index (χ0v) is 11.3. The molecule has 0 spiro atoms. The van der Waals surface area contributed by atoms with Crippen LogP contribution in [0.25, 0.3) is 0 Å². The van der Waals surface area contributed by atoms with Crippen LogP contribution in [-0.2, 0) is 5.54 Å². The first-order valence-corrected chi connectivity index (χ1v) is 4.10. The molecular formula is C9H13N2NaO2. The van der Waals surface area contributed by atoms with E-state index in [-0.39, 0.29) is 35.1 Å². The van der Waals surface area contributed by atoms with Gasteiger partial charge in [-0.1, -0.05) is 0 Å². The van der Waals surface area contributed by atoms with Crippen molar-refractivity contribution in [3.63, 3.8) is 0 Å². The van der Waals surface area contributed by atoms with Gasteiger partial charge in [0.1, 0.15) is 0 Å². The van der Waals surface area contributed by atoms with Gasteiger partial charge in [0.2, 0.25) is 0 Å². The van der Waals surface area contributed by atoms with Crippen molar-refractivity contribution in [2.24, 2.45) is 0 Å². The fraction of sp³-hybridized carbons (Fsp3) is 0.556. The van der Waals surface area contributed by atoms with Crippen molar-refractivity contribution in [1.82, 2.24) is 9.55 Å². The van der Waals surface area contributed by atoms with Crippen molar-refractivity contribution in [3.05, 3.63) is 22.1 Å². The van der Waals surface area contributed by atoms with Gasteiger partial charge in [0.15, 0.2) is 0 Å². The molecule has 1 rings (SSSR count). The molecule has 0 N–H and O–H groups in total. The zero-order valence-electron chi connectivity index (χ0n) is 9.29. The third-order valence-electron chi connectivity index (χ3n) is 1.69. The molecule has 14 heavy (non-hydrogen) atoms. The first-order chi connectivity index (χ1) is 5.82. The number of aromatic nitrogens is 2. The Morgan fingerprint density at radius 1 is 1.43 bits per heavy atom. The summed E-state index contributed by atoms with van der Waals surface area (Å²) in [5.41, 5.74) is -0.324. The topological polar surface area (TPSA) is 58.0 Å². The summed E-state index contributed by atoms with van der Waals surface area (Å²) in [6, 6.07) is 0.893. The van der Waals surface area contributed by atoms with Crippen LogP contribution < -0.4 is 40.2 Å². The molecule has 0 radical (unpaired) electrons. The molecule has 1 heterocycles. The summed E-state index contributed by atoms with van der Waals surface area (Å²) in [6.45, 7) is 7.03. The molecule has 0 saturated carbocycles. The predicted molar refractivity (Wildman–Crippen MR) is 47.7 cm³/mol. The largest absolute Gasteiger partial charge is 1.00 e. The van der Waals surface area contributed by atoms with Gasteiger partial charge in [-0.2, -0.15) is 0 Å². The first-order valence-electron chi connectivity index (χ1n) is 4.10. The normalized spacial score (nSPS) is 10.9. The minimum Gasteiger partial charge on any atom is -0.846 e. The van der Waals surface area contributed by atoms with Crippen LogP contribution in [0.15, 0.2) is 10.9 Å². The molecule has 0 aromatic carbocycles. The molecule has 1 aromatic rings. The Labute approximate surface area is 105 Å². The van der Waals surface area contributed by atoms with Crippen molar-refractivity contribution < 1.29 is 34.7 Å². The predicted octanol–water partition coefficient (Wildman–Crippen LogP) is -2.62. The van der Waals surface area contributed by atoms with Gasteiger partial charge < -0.3 is 5.11 Å². The Morgan fingerprint density at radius 2 is 1.93 bits per heavy atom. The summed E-state index contributed by atoms with van der Waals surface area (Å²) in [6.07, 6.45) is 0. The van der Waals surface area contributed by atoms with E-state index in [0.29, 0.717) is 5.69 Å². The van der Waals surface area contributed by atoms with E-state index in [2.05, 4.69) is 4.98 Å². The minimum atomic E-state index is -0.505. The van der Waals surface area contributed by atoms with Crippen LogP contribution in [0.1, 0.15) is 26.5 Å². The van der Waals surface area contributed by atoms with Gasteiger partial charge in [-0.15, -0.1) is 0 Å². The molecule has 5 heteroatoms. The van der Waals surface area contributed by atoms with Crippen molar-refractivity contribution in [1.29, 1.82) is 0 Å². The van der Waals surface area contributed by atoms with E-state index in [1.807, 2.05) is 0 Å². The molecule has 1 aromatic heterocycles. The minimum absolute atomic E-state index is 0. The zero-order chi connectivity index (χ0) is 10.2. The third-order valence-corrected chi connectivity index (χ3v) is 1.69. The fourth-order valence-corrected chi connectivity index (χ4v) is 1.19. The van der Waals surface area contributed by atoms with Gasteiger partial charge in [0.05, 0.1) is 6.01 Å². The van der Waals surface area contributed by atoms with Gasteiger partial charge in [-0.05, 0) is 27.7 Å². The van der Waals surface area contributed by atoms with Crippen molar-refractivity contribution in [3.8, 4) is 6.01 Å². The molecule has 0 amide bonds. The Bertz CT molecular complexity index is 379. The van der Waals surface area contributed by atoms with Gasteiger partial charge in [0, 0.05) is 17.3 Å². The molecule has 4 nitrogen and oxygen atoms in total. The smallest absolute Gasteiger partial charge is 0.846 e. The van der Waals surface area contributed by atoms with Gasteiger partial charge in [-0.25, -0.2) is 0 Å². The van der Waals surface area contributed by atoms with Crippen LogP contribution in [0, 0.1) is 6.92 Å². The Kier molecular flexibility index (Phi) is 4.36. The monoisotopic (exact) mass is 204 g/mol. The average molecular weight is 204 g/mol. The summed E-state index contributed by atoms with van der Waals surface area (Å²) < 4.78 is 1.15. The number of rotatable bonds is 0. The Morgan fingerprint density at radius 3 is 2.29 bits per heavy atom. The summed E-state index contributed by atoms with van der Waals surface area (Å²) in [7, 11) is 0. The number of aryl methyl sites for hydroxylation is 1. The van der Waals surface area contributed by atoms with Crippen LogP contribution >= 0.6 is 0 Å². The molecule has 0 aliphatic rings. The molecule has 0 aliphatic carbocycles. The second-order valence-electron chi connectivity index (χ2n) is 4.02. The summed E-state index contributed by atoms with van der Waals surface area (Å²) >= 11 is 0. The van der Waals surface area contributed by atoms with Crippen LogP contribution in [0.2, 0.25) is 0 Å². The van der Waals surface area contributed by atoms with Gasteiger partial charge in [-0.3, -0.25) is 14.3 Å². The summed E-state index contributed by atoms with van der Waals surface area (Å²) in [5.74, 6) is 0. The average Bonchev–Trinajstić information content (AvgIpc) is 1.78. The maximum Gasteiger partial charge on any atom is 1.00 e. The number of hydrogen-bond donors (Lipinski definition) is 0. The van der Waals surface area contributed by atoms with E-state index in [1.54, 1.807) is 27.7 Å². The van der Waals surface area contributed by atoms with Crippen molar-refractivity contribution in [2.45, 2.75) is 33.2 Å². The molecule has 0 unspecified atom stereocenters. The first kappa shape index (κ1) is 13.7. The van der Waals surface area contributed by atoms with E-state index in [9.17, 15) is 9.90 Å². The quantitative estimate of drug-likeness (QED) is 0.435. The summed E-state index contributed by atoms with van der Waals surface area (Å²) in [5, 5.41) is 11.4. The Hall–Kier alpha value is -0.320. The van der Waals surface area contributed by atoms with Gasteiger partial charge in [0.25, 0.3) is 5.56 Å². The maximum absolute atomic E-state index is 11.4. The maximum atomic E-state index is 11.4. The Balaban J connectivity index is 0.00000169. The third kappa shape index (κ3) is 2.83. The van der Waals surface area contributed by atoms with Gasteiger partial charge >= 0.3 is 29.6 Å². The van der Waals surface area contributed by atoms with E-state index >= 15 is 0 Å². The van der Waals surface area contributed by atoms with Crippen LogP contribution in [-0.4, -0.2) is 9.55 Å². The van der Waals surface area contributed by atoms with E-state index in [4.69, 9.17) is 0 Å². The molecule has 0 saturated heterocycles. The van der Waals surface area contributed by atoms with E-state index < -0.39 is 11.5 Å². The second kappa shape index (κ2) is 4.47. The van der Waals surface area contributed by atoms with E-state index in [1.165, 1.54) is 6.07 Å². The molecule has 0 atom stereocenters. The molecule has 0 aliphatic heterocycles. The molecule has 0 bridgehead atoms. The molecule has 72 valence electrons. The second-order valence-corrected chi connectivity index (χ2v) is 4.02. The molecule has 0 fully saturated rings. The standard InChI is InChI=1S/C9H14N2O2.Na/c1-6-5-7(12)11(8(13)10-6)9(2,3)4;/h5H,1-4H3,(H,10,13);/q;+1/p-1. The van der Waals surface area contributed by atoms with E-state index in [0.717, 1.165) is 4.57 Å². The SMILES string of the molecule is Cc1cc(=O)n(C(C)(C)C)c([O-])n1.[Na+]. The number of nitrogens with zero attached hydrogens (tertiary/aromatic N) is 2. The van der Waals surface area contributed by atoms with Crippen molar-refractivity contribution >= 4 is 0 Å². The van der Waals surface area contributed by atoms with Crippen LogP contribution in [0.3, 0.4) is 0 Å². The van der Waals surface area contributed by atoms with Crippen molar-refractivity contribution in [2.75, 3.05) is 0 Å².